The number of halogens is 1. The largest absolute Gasteiger partial charge is 0.480 e. The van der Waals surface area contributed by atoms with Gasteiger partial charge in [0.15, 0.2) is 0 Å². The molecule has 2 aromatic heterocycles. The fraction of sp³-hybridized carbons (Fsp3) is 0.643. The normalized spacial score (nSPS) is 15.0. The summed E-state index contributed by atoms with van der Waals surface area (Å²) in [4.78, 5) is 27.3. The van der Waals surface area contributed by atoms with Crippen molar-refractivity contribution in [2.45, 2.75) is 76.9 Å². The number of nitrogens with zero attached hydrogens (tertiary/aromatic N) is 4. The number of alkyl halides is 1. The summed E-state index contributed by atoms with van der Waals surface area (Å²) in [7, 11) is 1.48. The third-order valence-electron chi connectivity index (χ3n) is 6.70. The quantitative estimate of drug-likeness (QED) is 0.293. The predicted octanol–water partition coefficient (Wildman–Crippen LogP) is 4.09. The second-order valence-electron chi connectivity index (χ2n) is 11.0. The lowest BCUT2D eigenvalue weighted by molar-refractivity contribution is -0.138. The van der Waals surface area contributed by atoms with Crippen LogP contribution in [0.4, 0.5) is 16.0 Å². The zero-order chi connectivity index (χ0) is 27.5. The van der Waals surface area contributed by atoms with E-state index in [9.17, 15) is 14.3 Å². The highest BCUT2D eigenvalue weighted by Crippen LogP contribution is 2.22. The van der Waals surface area contributed by atoms with Crippen molar-refractivity contribution in [1.29, 1.82) is 0 Å². The Labute approximate surface area is 225 Å². The van der Waals surface area contributed by atoms with E-state index in [1.54, 1.807) is 6.07 Å². The molecular weight excluding hydrogens is 487 g/mol. The van der Waals surface area contributed by atoms with Crippen LogP contribution in [-0.2, 0) is 27.8 Å². The number of nitrogens with one attached hydrogen (secondary N) is 2. The number of hydrogen-bond acceptors (Lipinski definition) is 8. The van der Waals surface area contributed by atoms with Crippen LogP contribution in [0.15, 0.2) is 24.5 Å². The van der Waals surface area contributed by atoms with E-state index in [2.05, 4.69) is 32.7 Å². The first-order valence-electron chi connectivity index (χ1n) is 13.6. The van der Waals surface area contributed by atoms with Crippen molar-refractivity contribution in [2.24, 2.45) is 0 Å². The summed E-state index contributed by atoms with van der Waals surface area (Å²) in [5.41, 5.74) is 2.97. The molecule has 0 bridgehead atoms. The molecule has 0 aromatic carbocycles. The molecule has 10 heteroatoms. The number of methoxy groups -OCH3 is 1. The van der Waals surface area contributed by atoms with Gasteiger partial charge in [-0.05, 0) is 56.7 Å². The highest BCUT2D eigenvalue weighted by Gasteiger charge is 2.22. The molecule has 3 rings (SSSR count). The number of aliphatic carboxylic acids is 1. The minimum absolute atomic E-state index is 0.0136. The maximum Gasteiger partial charge on any atom is 0.326 e. The highest BCUT2D eigenvalue weighted by molar-refractivity contribution is 5.76. The molecule has 0 aliphatic carbocycles. The van der Waals surface area contributed by atoms with Crippen LogP contribution in [0.2, 0.25) is 0 Å². The van der Waals surface area contributed by atoms with Crippen molar-refractivity contribution < 1.29 is 19.0 Å². The van der Waals surface area contributed by atoms with E-state index in [1.165, 1.54) is 19.0 Å². The van der Waals surface area contributed by atoms with Gasteiger partial charge in [-0.15, -0.1) is 0 Å². The standard InChI is InChI=1S/C28H43FN6O3/c1-28(2,3)24-16-25(32-19-31-24)34-23(27(36)37)12-15-35(17-21(29)18-38-4)14-6-5-9-22-11-10-20-8-7-13-30-26(20)33-22/h10-11,16,19,21,23H,5-9,12-15,17-18H2,1-4H3,(H,30,33)(H,36,37)(H,31,32,34). The second-order valence-corrected chi connectivity index (χ2v) is 11.0. The SMILES string of the molecule is COCC(F)CN(CCCCc1ccc2c(n1)NCCC2)CCC(Nc1cc(C(C)(C)C)ncn1)C(=O)O. The Morgan fingerprint density at radius 2 is 2.08 bits per heavy atom. The molecule has 2 aromatic rings. The summed E-state index contributed by atoms with van der Waals surface area (Å²) in [6.45, 7) is 8.40. The Kier molecular flexibility index (Phi) is 11.2. The minimum atomic E-state index is -1.14. The number of carboxylic acid groups (broad SMARTS) is 1. The molecule has 0 amide bonds. The van der Waals surface area contributed by atoms with E-state index in [0.29, 0.717) is 25.3 Å². The Morgan fingerprint density at radius 1 is 1.26 bits per heavy atom. The molecule has 3 N–H and O–H groups in total. The predicted molar refractivity (Wildman–Crippen MR) is 148 cm³/mol. The van der Waals surface area contributed by atoms with E-state index in [1.807, 2.05) is 25.7 Å². The van der Waals surface area contributed by atoms with E-state index in [-0.39, 0.29) is 18.6 Å². The summed E-state index contributed by atoms with van der Waals surface area (Å²) in [5.74, 6) is 0.501. The number of ether oxygens (including phenoxy) is 1. The molecule has 2 unspecified atom stereocenters. The van der Waals surface area contributed by atoms with E-state index >= 15 is 0 Å². The summed E-state index contributed by atoms with van der Waals surface area (Å²) in [5, 5.41) is 16.2. The lowest BCUT2D eigenvalue weighted by Gasteiger charge is -2.26. The Hall–Kier alpha value is -2.85. The maximum atomic E-state index is 14.4. The van der Waals surface area contributed by atoms with Crippen molar-refractivity contribution in [1.82, 2.24) is 19.9 Å². The van der Waals surface area contributed by atoms with Crippen LogP contribution in [0.5, 0.6) is 0 Å². The first-order chi connectivity index (χ1) is 18.2. The van der Waals surface area contributed by atoms with Gasteiger partial charge in [0.1, 0.15) is 30.2 Å². The molecule has 0 spiro atoms. The number of aryl methyl sites for hydroxylation is 2. The number of hydrogen-bond donors (Lipinski definition) is 3. The van der Waals surface area contributed by atoms with Gasteiger partial charge in [-0.2, -0.15) is 0 Å². The lowest BCUT2D eigenvalue weighted by atomic mass is 9.92. The number of carbonyl (C=O) groups is 1. The fourth-order valence-electron chi connectivity index (χ4n) is 4.55. The first-order valence-corrected chi connectivity index (χ1v) is 13.6. The number of unbranched alkanes of at least 4 members (excludes halogenated alkanes) is 1. The van der Waals surface area contributed by atoms with Gasteiger partial charge in [0.05, 0.1) is 12.3 Å². The summed E-state index contributed by atoms with van der Waals surface area (Å²) in [6.07, 6.45) is 5.44. The van der Waals surface area contributed by atoms with Crippen LogP contribution in [-0.4, -0.2) is 83.0 Å². The lowest BCUT2D eigenvalue weighted by Crippen LogP contribution is -2.39. The number of anilines is 2. The molecule has 3 heterocycles. The zero-order valence-electron chi connectivity index (χ0n) is 23.2. The van der Waals surface area contributed by atoms with Gasteiger partial charge in [-0.1, -0.05) is 26.8 Å². The van der Waals surface area contributed by atoms with Crippen molar-refractivity contribution in [3.8, 4) is 0 Å². The van der Waals surface area contributed by atoms with Gasteiger partial charge >= 0.3 is 5.97 Å². The third-order valence-corrected chi connectivity index (χ3v) is 6.70. The number of carboxylic acids is 1. The second kappa shape index (κ2) is 14.3. The van der Waals surface area contributed by atoms with Crippen LogP contribution < -0.4 is 10.6 Å². The molecule has 0 fully saturated rings. The first kappa shape index (κ1) is 29.7. The molecule has 0 saturated carbocycles. The zero-order valence-corrected chi connectivity index (χ0v) is 23.2. The number of pyridine rings is 1. The van der Waals surface area contributed by atoms with Gasteiger partial charge in [0.2, 0.25) is 0 Å². The summed E-state index contributed by atoms with van der Waals surface area (Å²) in [6, 6.07) is 5.19. The van der Waals surface area contributed by atoms with Crippen molar-refractivity contribution in [3.05, 3.63) is 41.5 Å². The molecule has 9 nitrogen and oxygen atoms in total. The van der Waals surface area contributed by atoms with Crippen LogP contribution in [0.25, 0.3) is 0 Å². The van der Waals surface area contributed by atoms with Crippen molar-refractivity contribution >= 4 is 17.6 Å². The fourth-order valence-corrected chi connectivity index (χ4v) is 4.55. The van der Waals surface area contributed by atoms with Gasteiger partial charge in [0.25, 0.3) is 0 Å². The van der Waals surface area contributed by atoms with E-state index < -0.39 is 18.2 Å². The van der Waals surface area contributed by atoms with Crippen LogP contribution >= 0.6 is 0 Å². The number of aromatic nitrogens is 3. The molecule has 2 atom stereocenters. The van der Waals surface area contributed by atoms with Crippen LogP contribution in [0.3, 0.4) is 0 Å². The Morgan fingerprint density at radius 3 is 2.82 bits per heavy atom. The summed E-state index contributed by atoms with van der Waals surface area (Å²) >= 11 is 0. The van der Waals surface area contributed by atoms with Crippen molar-refractivity contribution in [3.63, 3.8) is 0 Å². The molecule has 0 saturated heterocycles. The average Bonchev–Trinajstić information content (AvgIpc) is 2.88. The number of rotatable bonds is 15. The molecule has 210 valence electrons. The number of fused-ring (bicyclic) bond motifs is 1. The molecule has 38 heavy (non-hydrogen) atoms. The third kappa shape index (κ3) is 9.47. The molecule has 0 radical (unpaired) electrons. The Bertz CT molecular complexity index is 1030. The highest BCUT2D eigenvalue weighted by atomic mass is 19.1. The summed E-state index contributed by atoms with van der Waals surface area (Å²) < 4.78 is 19.4. The van der Waals surface area contributed by atoms with Crippen molar-refractivity contribution in [2.75, 3.05) is 50.5 Å². The van der Waals surface area contributed by atoms with E-state index in [4.69, 9.17) is 9.72 Å². The van der Waals surface area contributed by atoms with Gasteiger partial charge in [0, 0.05) is 43.9 Å². The topological polar surface area (TPSA) is 113 Å². The maximum absolute atomic E-state index is 14.4. The minimum Gasteiger partial charge on any atom is -0.480 e. The monoisotopic (exact) mass is 530 g/mol. The molecule has 1 aliphatic heterocycles. The Balaban J connectivity index is 1.55. The van der Waals surface area contributed by atoms with Crippen LogP contribution in [0.1, 0.15) is 63.4 Å². The van der Waals surface area contributed by atoms with E-state index in [0.717, 1.165) is 55.9 Å². The molecule has 1 aliphatic rings. The molecular formula is C28H43FN6O3. The van der Waals surface area contributed by atoms with Crippen LogP contribution in [0, 0.1) is 0 Å². The van der Waals surface area contributed by atoms with Gasteiger partial charge in [-0.3, -0.25) is 0 Å². The average molecular weight is 531 g/mol. The van der Waals surface area contributed by atoms with Gasteiger partial charge in [-0.25, -0.2) is 24.1 Å². The smallest absolute Gasteiger partial charge is 0.326 e. The van der Waals surface area contributed by atoms with Gasteiger partial charge < -0.3 is 25.4 Å².